The van der Waals surface area contributed by atoms with Gasteiger partial charge in [0.1, 0.15) is 24.1 Å². The third-order valence-corrected chi connectivity index (χ3v) is 6.68. The van der Waals surface area contributed by atoms with Gasteiger partial charge in [-0.1, -0.05) is 0 Å². The molecule has 4 heterocycles. The average Bonchev–Trinajstić information content (AvgIpc) is 3.20. The van der Waals surface area contributed by atoms with E-state index in [-0.39, 0.29) is 18.7 Å². The lowest BCUT2D eigenvalue weighted by molar-refractivity contribution is 0.0155. The highest BCUT2D eigenvalue weighted by atomic mass is 16.6. The first-order valence-corrected chi connectivity index (χ1v) is 12.3. The Labute approximate surface area is 202 Å². The smallest absolute Gasteiger partial charge is 0.410 e. The van der Waals surface area contributed by atoms with Crippen molar-refractivity contribution in [1.29, 1.82) is 0 Å². The summed E-state index contributed by atoms with van der Waals surface area (Å²) >= 11 is 0. The molecule has 1 aromatic rings. The molecule has 3 aliphatic heterocycles. The molecule has 3 aliphatic rings. The zero-order valence-corrected chi connectivity index (χ0v) is 20.8. The highest BCUT2D eigenvalue weighted by molar-refractivity contribution is 5.69. The molecule has 34 heavy (non-hydrogen) atoms. The fraction of sp³-hybridized carbons (Fsp3) is 0.750. The summed E-state index contributed by atoms with van der Waals surface area (Å²) in [6, 6.07) is 0.542. The summed E-state index contributed by atoms with van der Waals surface area (Å²) in [7, 11) is 2.13. The molecule has 10 heteroatoms. The number of piperazine rings is 1. The third-order valence-electron chi connectivity index (χ3n) is 6.68. The van der Waals surface area contributed by atoms with Crippen molar-refractivity contribution in [2.45, 2.75) is 64.3 Å². The van der Waals surface area contributed by atoms with Crippen LogP contribution in [0.25, 0.3) is 4.85 Å². The Bertz CT molecular complexity index is 926. The van der Waals surface area contributed by atoms with Gasteiger partial charge in [0.15, 0.2) is 0 Å². The first-order valence-electron chi connectivity index (χ1n) is 12.3. The first-order chi connectivity index (χ1) is 16.2. The number of hydrogen-bond donors (Lipinski definition) is 1. The van der Waals surface area contributed by atoms with Gasteiger partial charge in [0.2, 0.25) is 6.54 Å². The van der Waals surface area contributed by atoms with Crippen LogP contribution in [0.3, 0.4) is 0 Å². The Balaban J connectivity index is 1.54. The Morgan fingerprint density at radius 1 is 1.24 bits per heavy atom. The minimum atomic E-state index is -0.574. The number of rotatable bonds is 5. The van der Waals surface area contributed by atoms with Crippen LogP contribution in [0.15, 0.2) is 0 Å². The van der Waals surface area contributed by atoms with Crippen molar-refractivity contribution in [3.8, 4) is 6.01 Å². The number of carbonyl (C=O) groups excluding carboxylic acids is 1. The predicted molar refractivity (Wildman–Crippen MR) is 129 cm³/mol. The predicted octanol–water partition coefficient (Wildman–Crippen LogP) is 1.94. The maximum absolute atomic E-state index is 12.8. The van der Waals surface area contributed by atoms with Crippen LogP contribution < -0.4 is 15.0 Å². The lowest BCUT2D eigenvalue weighted by Crippen LogP contribution is -2.57. The molecule has 186 valence electrons. The SMILES string of the molecule is [C-]#[N+]C[C@H]1CN(c2nc(OC[C@H]3CCCN3C)nc3c2CCNC3)CCN1C(=O)OC(C)(C)C. The molecule has 0 spiro atoms. The van der Waals surface area contributed by atoms with Crippen LogP contribution in [0.2, 0.25) is 0 Å². The second-order valence-electron chi connectivity index (χ2n) is 10.4. The van der Waals surface area contributed by atoms with E-state index < -0.39 is 5.60 Å². The minimum Gasteiger partial charge on any atom is -0.462 e. The van der Waals surface area contributed by atoms with Crippen molar-refractivity contribution in [3.63, 3.8) is 0 Å². The maximum Gasteiger partial charge on any atom is 0.410 e. The van der Waals surface area contributed by atoms with Crippen LogP contribution in [0.5, 0.6) is 6.01 Å². The molecule has 0 saturated carbocycles. The van der Waals surface area contributed by atoms with Gasteiger partial charge >= 0.3 is 12.1 Å². The van der Waals surface area contributed by atoms with Gasteiger partial charge in [-0.3, -0.25) is 4.90 Å². The normalized spacial score (nSPS) is 23.4. The van der Waals surface area contributed by atoms with E-state index in [0.717, 1.165) is 43.0 Å². The third kappa shape index (κ3) is 5.70. The summed E-state index contributed by atoms with van der Waals surface area (Å²) in [6.07, 6.45) is 2.80. The number of anilines is 1. The summed E-state index contributed by atoms with van der Waals surface area (Å²) in [5, 5.41) is 3.39. The van der Waals surface area contributed by atoms with Gasteiger partial charge < -0.3 is 29.4 Å². The number of nitrogens with one attached hydrogen (secondary N) is 1. The summed E-state index contributed by atoms with van der Waals surface area (Å²) < 4.78 is 11.7. The van der Waals surface area contributed by atoms with E-state index in [9.17, 15) is 4.79 Å². The van der Waals surface area contributed by atoms with Crippen molar-refractivity contribution in [1.82, 2.24) is 25.1 Å². The fourth-order valence-corrected chi connectivity index (χ4v) is 4.87. The van der Waals surface area contributed by atoms with E-state index in [0.29, 0.717) is 44.8 Å². The number of hydrogen-bond acceptors (Lipinski definition) is 8. The van der Waals surface area contributed by atoms with Crippen LogP contribution in [0, 0.1) is 6.57 Å². The number of likely N-dealkylation sites (N-methyl/N-ethyl adjacent to an activating group) is 1. The average molecular weight is 472 g/mol. The van der Waals surface area contributed by atoms with E-state index in [1.165, 1.54) is 6.42 Å². The molecule has 10 nitrogen and oxygen atoms in total. The van der Waals surface area contributed by atoms with Crippen LogP contribution in [-0.2, 0) is 17.7 Å². The molecular formula is C24H37N7O3. The van der Waals surface area contributed by atoms with Crippen LogP contribution in [0.4, 0.5) is 10.6 Å². The number of ether oxygens (including phenoxy) is 2. The molecule has 2 fully saturated rings. The Hall–Kier alpha value is -2.64. The van der Waals surface area contributed by atoms with Gasteiger partial charge in [0.05, 0.1) is 5.69 Å². The lowest BCUT2D eigenvalue weighted by atomic mass is 10.1. The number of likely N-dealkylation sites (tertiary alicyclic amines) is 1. The summed E-state index contributed by atoms with van der Waals surface area (Å²) in [4.78, 5) is 32.2. The molecule has 4 rings (SSSR count). The van der Waals surface area contributed by atoms with Gasteiger partial charge in [0.25, 0.3) is 0 Å². The highest BCUT2D eigenvalue weighted by Gasteiger charge is 2.37. The monoisotopic (exact) mass is 471 g/mol. The number of fused-ring (bicyclic) bond motifs is 1. The van der Waals surface area contributed by atoms with Gasteiger partial charge in [-0.05, 0) is 60.2 Å². The molecule has 0 aromatic carbocycles. The second kappa shape index (κ2) is 10.3. The van der Waals surface area contributed by atoms with Gasteiger partial charge in [-0.25, -0.2) is 11.4 Å². The molecule has 0 radical (unpaired) electrons. The van der Waals surface area contributed by atoms with E-state index >= 15 is 0 Å². The molecule has 1 aromatic heterocycles. The summed E-state index contributed by atoms with van der Waals surface area (Å²) in [5.74, 6) is 0.875. The molecule has 0 bridgehead atoms. The van der Waals surface area contributed by atoms with E-state index in [4.69, 9.17) is 26.0 Å². The number of nitrogens with zero attached hydrogens (tertiary/aromatic N) is 6. The number of amides is 1. The van der Waals surface area contributed by atoms with E-state index in [1.54, 1.807) is 4.90 Å². The van der Waals surface area contributed by atoms with Gasteiger partial charge in [-0.15, -0.1) is 0 Å². The molecule has 1 amide bonds. The van der Waals surface area contributed by atoms with Crippen LogP contribution in [0.1, 0.15) is 44.9 Å². The Kier molecular flexibility index (Phi) is 7.43. The largest absolute Gasteiger partial charge is 0.462 e. The van der Waals surface area contributed by atoms with Crippen molar-refractivity contribution >= 4 is 11.9 Å². The minimum absolute atomic E-state index is 0.224. The van der Waals surface area contributed by atoms with Crippen molar-refractivity contribution in [2.75, 3.05) is 57.8 Å². The Morgan fingerprint density at radius 2 is 2.06 bits per heavy atom. The van der Waals surface area contributed by atoms with Gasteiger partial charge in [0, 0.05) is 37.8 Å². The molecule has 0 unspecified atom stereocenters. The molecule has 1 N–H and O–H groups in total. The van der Waals surface area contributed by atoms with E-state index in [1.807, 2.05) is 20.8 Å². The lowest BCUT2D eigenvalue weighted by Gasteiger charge is -2.41. The van der Waals surface area contributed by atoms with Crippen molar-refractivity contribution in [3.05, 3.63) is 22.7 Å². The maximum atomic E-state index is 12.8. The zero-order valence-electron chi connectivity index (χ0n) is 20.8. The summed E-state index contributed by atoms with van der Waals surface area (Å²) in [6.45, 7) is 18.1. The standard InChI is InChI=1S/C24H37N7O3/c1-24(2,3)34-23(32)31-12-11-30(15-18(31)13-25-4)21-19-8-9-26-14-20(19)27-22(28-21)33-16-17-7-6-10-29(17)5/h17-18,26H,6-16H2,1-3,5H3/t17-,18+/m1/s1. The number of carbonyl (C=O) groups is 1. The highest BCUT2D eigenvalue weighted by Crippen LogP contribution is 2.29. The molecular weight excluding hydrogens is 434 g/mol. The number of aromatic nitrogens is 2. The van der Waals surface area contributed by atoms with Crippen molar-refractivity contribution < 1.29 is 14.3 Å². The first kappa shape index (κ1) is 24.5. The fourth-order valence-electron chi connectivity index (χ4n) is 4.87. The molecule has 0 aliphatic carbocycles. The van der Waals surface area contributed by atoms with Crippen molar-refractivity contribution in [2.24, 2.45) is 0 Å². The second-order valence-corrected chi connectivity index (χ2v) is 10.4. The van der Waals surface area contributed by atoms with E-state index in [2.05, 4.69) is 27.0 Å². The van der Waals surface area contributed by atoms with Crippen LogP contribution >= 0.6 is 0 Å². The zero-order chi connectivity index (χ0) is 24.3. The molecule has 2 atom stereocenters. The molecule has 2 saturated heterocycles. The summed E-state index contributed by atoms with van der Waals surface area (Å²) in [5.41, 5.74) is 1.54. The topological polar surface area (TPSA) is 87.4 Å². The Morgan fingerprint density at radius 3 is 2.76 bits per heavy atom. The quantitative estimate of drug-likeness (QED) is 0.652. The van der Waals surface area contributed by atoms with Crippen LogP contribution in [-0.4, -0.2) is 96.5 Å². The van der Waals surface area contributed by atoms with Gasteiger partial charge in [-0.2, -0.15) is 9.97 Å².